The Hall–Kier alpha value is -6.66. The van der Waals surface area contributed by atoms with Crippen LogP contribution in [0.3, 0.4) is 0 Å². The van der Waals surface area contributed by atoms with E-state index in [1.54, 1.807) is 0 Å². The molecule has 1 aliphatic carbocycles. The first-order valence-corrected chi connectivity index (χ1v) is 31.2. The summed E-state index contributed by atoms with van der Waals surface area (Å²) in [5.74, 6) is 4.90. The number of hydrogen-bond acceptors (Lipinski definition) is 6. The van der Waals surface area contributed by atoms with Crippen LogP contribution in [0.25, 0.3) is 0 Å². The van der Waals surface area contributed by atoms with Crippen LogP contribution in [0.1, 0.15) is 247 Å². The molecule has 6 heteroatoms. The third-order valence-corrected chi connectivity index (χ3v) is 18.0. The van der Waals surface area contributed by atoms with E-state index in [-0.39, 0.29) is 38.4 Å². The van der Waals surface area contributed by atoms with Gasteiger partial charge in [-0.3, -0.25) is 0 Å². The van der Waals surface area contributed by atoms with Gasteiger partial charge in [-0.25, -0.2) is 0 Å². The SMILES string of the molecule is COc1c2cc(C(C)(C)C)cc1Cc1cc(C(C)(C)C)cc(c1OC)Cc1cc(C(C)(C)C)cc(c1OC)C(c1ccc(C)cc1C)c1cc(C(C)(C)C)cc(c1OC)Cc1cc(C(C)(C)C)cc(c1OC)Cc1cc(C(C)(C)C)cc(c1OC)C2. The van der Waals surface area contributed by atoms with E-state index >= 15 is 0 Å². The molecule has 460 valence electrons. The largest absolute Gasteiger partial charge is 0.496 e. The quantitative estimate of drug-likeness (QED) is 0.159. The molecule has 12 bridgehead atoms. The third-order valence-electron chi connectivity index (χ3n) is 18.0. The Balaban J connectivity index is 1.60. The summed E-state index contributed by atoms with van der Waals surface area (Å²) >= 11 is 0. The van der Waals surface area contributed by atoms with Gasteiger partial charge >= 0.3 is 0 Å². The lowest BCUT2D eigenvalue weighted by Crippen LogP contribution is -2.19. The smallest absolute Gasteiger partial charge is 0.126 e. The minimum absolute atomic E-state index is 0.171. The number of aryl methyl sites for hydroxylation is 2. The number of hydrogen-bond donors (Lipinski definition) is 0. The predicted molar refractivity (Wildman–Crippen MR) is 361 cm³/mol. The van der Waals surface area contributed by atoms with Crippen LogP contribution in [0.15, 0.2) is 91.0 Å². The number of ether oxygens (including phenoxy) is 6. The molecule has 0 aliphatic heterocycles. The van der Waals surface area contributed by atoms with Gasteiger partial charge in [0.05, 0.1) is 42.7 Å². The van der Waals surface area contributed by atoms with Crippen LogP contribution in [0.2, 0.25) is 0 Å². The summed E-state index contributed by atoms with van der Waals surface area (Å²) in [6.07, 6.45) is 2.89. The van der Waals surface area contributed by atoms with Crippen molar-refractivity contribution in [2.45, 2.75) is 209 Å². The fourth-order valence-corrected chi connectivity index (χ4v) is 13.0. The maximum Gasteiger partial charge on any atom is 0.126 e. The highest BCUT2D eigenvalue weighted by molar-refractivity contribution is 5.65. The molecule has 8 rings (SSSR count). The maximum absolute atomic E-state index is 6.95. The fourth-order valence-electron chi connectivity index (χ4n) is 13.0. The fraction of sp³-hybridized carbons (Fsp3) is 0.475. The Kier molecular flexibility index (Phi) is 18.3. The van der Waals surface area contributed by atoms with Gasteiger partial charge in [0, 0.05) is 49.1 Å². The second-order valence-corrected chi connectivity index (χ2v) is 31.0. The van der Waals surface area contributed by atoms with Crippen molar-refractivity contribution in [2.24, 2.45) is 0 Å². The second-order valence-electron chi connectivity index (χ2n) is 31.0. The molecular formula is C80H104O6. The Morgan fingerprint density at radius 3 is 0.640 bits per heavy atom. The average Bonchev–Trinajstić information content (AvgIpc) is 0.850. The van der Waals surface area contributed by atoms with E-state index in [4.69, 9.17) is 28.4 Å². The summed E-state index contributed by atoms with van der Waals surface area (Å²) in [5.41, 5.74) is 23.1. The van der Waals surface area contributed by atoms with Gasteiger partial charge in [-0.15, -0.1) is 0 Å². The van der Waals surface area contributed by atoms with Crippen molar-refractivity contribution in [3.05, 3.63) is 208 Å². The van der Waals surface area contributed by atoms with Crippen molar-refractivity contribution < 1.29 is 28.4 Å². The summed E-state index contributed by atoms with van der Waals surface area (Å²) in [7, 11) is 11.0. The maximum atomic E-state index is 6.95. The van der Waals surface area contributed by atoms with Gasteiger partial charge in [0.2, 0.25) is 0 Å². The average molecular weight is 1160 g/mol. The number of rotatable bonds is 7. The van der Waals surface area contributed by atoms with E-state index in [1.165, 1.54) is 50.1 Å². The molecule has 0 saturated carbocycles. The van der Waals surface area contributed by atoms with Crippen LogP contribution < -0.4 is 28.4 Å². The van der Waals surface area contributed by atoms with E-state index < -0.39 is 0 Å². The van der Waals surface area contributed by atoms with Gasteiger partial charge in [0.25, 0.3) is 0 Å². The normalized spacial score (nSPS) is 13.9. The topological polar surface area (TPSA) is 55.4 Å². The Morgan fingerprint density at radius 1 is 0.256 bits per heavy atom. The predicted octanol–water partition coefficient (Wildman–Crippen LogP) is 19.6. The van der Waals surface area contributed by atoms with E-state index in [0.29, 0.717) is 32.1 Å². The molecule has 0 saturated heterocycles. The van der Waals surface area contributed by atoms with Crippen molar-refractivity contribution >= 4 is 0 Å². The van der Waals surface area contributed by atoms with Crippen LogP contribution in [-0.4, -0.2) is 42.7 Å². The monoisotopic (exact) mass is 1160 g/mol. The van der Waals surface area contributed by atoms with Gasteiger partial charge in [0.1, 0.15) is 34.5 Å². The molecule has 7 aromatic rings. The summed E-state index contributed by atoms with van der Waals surface area (Å²) in [6.45, 7) is 46.1. The van der Waals surface area contributed by atoms with E-state index in [9.17, 15) is 0 Å². The first-order chi connectivity index (χ1) is 39.9. The first-order valence-electron chi connectivity index (χ1n) is 31.2. The third kappa shape index (κ3) is 13.6. The molecule has 0 atom stereocenters. The molecule has 0 spiro atoms. The van der Waals surface area contributed by atoms with Crippen LogP contribution >= 0.6 is 0 Å². The van der Waals surface area contributed by atoms with E-state index in [0.717, 1.165) is 101 Å². The van der Waals surface area contributed by atoms with Gasteiger partial charge < -0.3 is 28.4 Å². The molecule has 0 amide bonds. The molecule has 0 heterocycles. The lowest BCUT2D eigenvalue weighted by Gasteiger charge is -2.32. The van der Waals surface area contributed by atoms with Crippen molar-refractivity contribution in [1.29, 1.82) is 0 Å². The van der Waals surface area contributed by atoms with Crippen molar-refractivity contribution in [3.8, 4) is 34.5 Å². The zero-order valence-electron chi connectivity index (χ0n) is 57.7. The molecule has 0 radical (unpaired) electrons. The van der Waals surface area contributed by atoms with Crippen molar-refractivity contribution in [3.63, 3.8) is 0 Å². The van der Waals surface area contributed by atoms with E-state index in [1.807, 2.05) is 42.7 Å². The standard InChI is InChI=1S/C80H104O6/c1-47-27-28-65(48(2)29-47)68-66-45-63(79(15,16)17)43-57(73(66)85-25)33-55-41-61(77(9,10)11)39-53(71(55)83-23)31-51-37-59(75(3,4)5)35-49(69(51)81-21)30-50-36-60(76(6,7)8)38-52(70(50)82-22)32-54-40-62(78(12,13)14)42-56(72(54)84-24)34-58-44-64(80(18,19)20)46-67(68)74(58)86-26/h27-29,35-46,68H,30-34H2,1-26H3. The summed E-state index contributed by atoms with van der Waals surface area (Å²) in [6, 6.07) is 35.6. The molecule has 0 unspecified atom stereocenters. The van der Waals surface area contributed by atoms with Crippen LogP contribution in [0, 0.1) is 13.8 Å². The Labute approximate surface area is 519 Å². The molecule has 86 heavy (non-hydrogen) atoms. The highest BCUT2D eigenvalue weighted by atomic mass is 16.5. The molecule has 0 N–H and O–H groups in total. The Bertz CT molecular complexity index is 3440. The number of fused-ring (bicyclic) bond motifs is 12. The first kappa shape index (κ1) is 65.3. The minimum atomic E-state index is -0.307. The summed E-state index contributed by atoms with van der Waals surface area (Å²) in [4.78, 5) is 0. The lowest BCUT2D eigenvalue weighted by atomic mass is 9.74. The molecular weight excluding hydrogens is 1060 g/mol. The van der Waals surface area contributed by atoms with Gasteiger partial charge in [-0.05, 0) is 146 Å². The zero-order valence-corrected chi connectivity index (χ0v) is 57.7. The van der Waals surface area contributed by atoms with Crippen molar-refractivity contribution in [2.75, 3.05) is 42.7 Å². The number of benzene rings is 7. The molecule has 6 nitrogen and oxygen atoms in total. The van der Waals surface area contributed by atoms with Gasteiger partial charge in [0.15, 0.2) is 0 Å². The van der Waals surface area contributed by atoms with Crippen LogP contribution in [-0.2, 0) is 64.6 Å². The highest BCUT2D eigenvalue weighted by Crippen LogP contribution is 2.50. The van der Waals surface area contributed by atoms with Crippen LogP contribution in [0.4, 0.5) is 0 Å². The lowest BCUT2D eigenvalue weighted by molar-refractivity contribution is 0.393. The minimum Gasteiger partial charge on any atom is -0.496 e. The van der Waals surface area contributed by atoms with Gasteiger partial charge in [-0.1, -0.05) is 221 Å². The number of methoxy groups -OCH3 is 6. The summed E-state index contributed by atoms with van der Waals surface area (Å²) < 4.78 is 40.8. The van der Waals surface area contributed by atoms with Crippen LogP contribution in [0.5, 0.6) is 34.5 Å². The van der Waals surface area contributed by atoms with Crippen molar-refractivity contribution in [1.82, 2.24) is 0 Å². The molecule has 0 aromatic heterocycles. The second kappa shape index (κ2) is 24.1. The molecule has 1 aliphatic rings. The summed E-state index contributed by atoms with van der Waals surface area (Å²) in [5, 5.41) is 0. The molecule has 0 fully saturated rings. The molecule has 7 aromatic carbocycles. The Morgan fingerprint density at radius 2 is 0.453 bits per heavy atom. The van der Waals surface area contributed by atoms with E-state index in [2.05, 4.69) is 229 Å². The zero-order chi connectivity index (χ0) is 63.6. The van der Waals surface area contributed by atoms with Gasteiger partial charge in [-0.2, -0.15) is 0 Å². The highest BCUT2D eigenvalue weighted by Gasteiger charge is 2.35.